The first kappa shape index (κ1) is 14.6. The van der Waals surface area contributed by atoms with Gasteiger partial charge in [-0.05, 0) is 61.5 Å². The zero-order valence-corrected chi connectivity index (χ0v) is 13.0. The number of aryl methyl sites for hydroxylation is 1. The molecule has 0 unspecified atom stereocenters. The van der Waals surface area contributed by atoms with Gasteiger partial charge in [-0.3, -0.25) is 0 Å². The summed E-state index contributed by atoms with van der Waals surface area (Å²) in [6.45, 7) is 9.28. The number of hydrogen-bond donors (Lipinski definition) is 1. The summed E-state index contributed by atoms with van der Waals surface area (Å²) >= 11 is 0. The number of hydrogen-bond acceptors (Lipinski definition) is 1. The van der Waals surface area contributed by atoms with Crippen molar-refractivity contribution in [3.05, 3.63) is 35.4 Å². The molecule has 0 amide bonds. The Kier molecular flexibility index (Phi) is 4.06. The molecule has 0 atom stereocenters. The molecule has 106 valence electrons. The Morgan fingerprint density at radius 2 is 1.74 bits per heavy atom. The second kappa shape index (κ2) is 5.28. The van der Waals surface area contributed by atoms with E-state index in [4.69, 9.17) is 5.73 Å². The molecule has 19 heavy (non-hydrogen) atoms. The molecule has 2 N–H and O–H groups in total. The SMILES string of the molecule is Cc1ccccc1CC1(N)CCC(C(C)(C)C)CC1. The predicted octanol–water partition coefficient (Wildman–Crippen LogP) is 4.47. The van der Waals surface area contributed by atoms with Crippen LogP contribution in [-0.2, 0) is 6.42 Å². The third kappa shape index (κ3) is 3.60. The molecule has 2 rings (SSSR count). The van der Waals surface area contributed by atoms with Crippen molar-refractivity contribution in [2.45, 2.75) is 65.3 Å². The van der Waals surface area contributed by atoms with Crippen molar-refractivity contribution in [3.8, 4) is 0 Å². The van der Waals surface area contributed by atoms with E-state index in [1.54, 1.807) is 0 Å². The smallest absolute Gasteiger partial charge is 0.0195 e. The third-order valence-corrected chi connectivity index (χ3v) is 5.01. The van der Waals surface area contributed by atoms with Gasteiger partial charge in [-0.2, -0.15) is 0 Å². The maximum absolute atomic E-state index is 6.67. The van der Waals surface area contributed by atoms with Gasteiger partial charge in [-0.25, -0.2) is 0 Å². The molecule has 1 fully saturated rings. The Morgan fingerprint density at radius 1 is 1.16 bits per heavy atom. The van der Waals surface area contributed by atoms with E-state index in [0.717, 1.165) is 12.3 Å². The number of rotatable bonds is 2. The van der Waals surface area contributed by atoms with Crippen molar-refractivity contribution in [1.29, 1.82) is 0 Å². The van der Waals surface area contributed by atoms with Crippen LogP contribution < -0.4 is 5.73 Å². The van der Waals surface area contributed by atoms with Crippen LogP contribution in [-0.4, -0.2) is 5.54 Å². The van der Waals surface area contributed by atoms with Gasteiger partial charge >= 0.3 is 0 Å². The standard InChI is InChI=1S/C18H29N/c1-14-7-5-6-8-15(14)13-18(19)11-9-16(10-12-18)17(2,3)4/h5-8,16H,9-13,19H2,1-4H3. The summed E-state index contributed by atoms with van der Waals surface area (Å²) in [5, 5.41) is 0. The van der Waals surface area contributed by atoms with Crippen LogP contribution in [0, 0.1) is 18.3 Å². The molecule has 1 aliphatic rings. The molecule has 0 aliphatic heterocycles. The Labute approximate surface area is 118 Å². The highest BCUT2D eigenvalue weighted by Gasteiger charge is 2.36. The Bertz CT molecular complexity index is 420. The summed E-state index contributed by atoms with van der Waals surface area (Å²) in [5.41, 5.74) is 9.93. The molecule has 0 saturated heterocycles. The van der Waals surface area contributed by atoms with Crippen molar-refractivity contribution < 1.29 is 0 Å². The van der Waals surface area contributed by atoms with E-state index in [2.05, 4.69) is 52.0 Å². The van der Waals surface area contributed by atoms with Crippen molar-refractivity contribution >= 4 is 0 Å². The van der Waals surface area contributed by atoms with Crippen molar-refractivity contribution in [2.75, 3.05) is 0 Å². The van der Waals surface area contributed by atoms with Crippen LogP contribution in [0.5, 0.6) is 0 Å². The lowest BCUT2D eigenvalue weighted by Gasteiger charge is -2.42. The number of nitrogens with two attached hydrogens (primary N) is 1. The second-order valence-electron chi connectivity index (χ2n) is 7.61. The monoisotopic (exact) mass is 259 g/mol. The van der Waals surface area contributed by atoms with Gasteiger partial charge in [0.2, 0.25) is 0 Å². The minimum absolute atomic E-state index is 0.0217. The van der Waals surface area contributed by atoms with E-state index < -0.39 is 0 Å². The molecule has 0 aromatic heterocycles. The average Bonchev–Trinajstić information content (AvgIpc) is 2.31. The zero-order chi connectivity index (χ0) is 14.1. The molecule has 0 radical (unpaired) electrons. The highest BCUT2D eigenvalue weighted by Crippen LogP contribution is 2.41. The van der Waals surface area contributed by atoms with Gasteiger partial charge in [0, 0.05) is 5.54 Å². The van der Waals surface area contributed by atoms with Crippen LogP contribution in [0.15, 0.2) is 24.3 Å². The predicted molar refractivity (Wildman–Crippen MR) is 83.2 cm³/mol. The largest absolute Gasteiger partial charge is 0.325 e. The van der Waals surface area contributed by atoms with Crippen LogP contribution >= 0.6 is 0 Å². The van der Waals surface area contributed by atoms with Gasteiger partial charge in [0.25, 0.3) is 0 Å². The quantitative estimate of drug-likeness (QED) is 0.833. The molecule has 0 bridgehead atoms. The maximum atomic E-state index is 6.67. The Balaban J connectivity index is 2.01. The van der Waals surface area contributed by atoms with Gasteiger partial charge in [0.1, 0.15) is 0 Å². The lowest BCUT2D eigenvalue weighted by molar-refractivity contribution is 0.134. The van der Waals surface area contributed by atoms with Crippen LogP contribution in [0.1, 0.15) is 57.6 Å². The van der Waals surface area contributed by atoms with Crippen LogP contribution in [0.3, 0.4) is 0 Å². The average molecular weight is 259 g/mol. The summed E-state index contributed by atoms with van der Waals surface area (Å²) in [6.07, 6.45) is 5.95. The minimum Gasteiger partial charge on any atom is -0.325 e. The van der Waals surface area contributed by atoms with E-state index in [-0.39, 0.29) is 5.54 Å². The van der Waals surface area contributed by atoms with Crippen LogP contribution in [0.2, 0.25) is 0 Å². The lowest BCUT2D eigenvalue weighted by atomic mass is 9.66. The summed E-state index contributed by atoms with van der Waals surface area (Å²) in [6, 6.07) is 8.67. The fraction of sp³-hybridized carbons (Fsp3) is 0.667. The van der Waals surface area contributed by atoms with Gasteiger partial charge in [0.05, 0.1) is 0 Å². The molecule has 1 aliphatic carbocycles. The fourth-order valence-corrected chi connectivity index (χ4v) is 3.42. The molecule has 1 heteroatoms. The van der Waals surface area contributed by atoms with E-state index in [9.17, 15) is 0 Å². The van der Waals surface area contributed by atoms with Gasteiger partial charge in [0.15, 0.2) is 0 Å². The van der Waals surface area contributed by atoms with E-state index in [1.165, 1.54) is 36.8 Å². The first-order chi connectivity index (χ1) is 8.80. The first-order valence-corrected chi connectivity index (χ1v) is 7.64. The number of benzene rings is 1. The van der Waals surface area contributed by atoms with E-state index in [0.29, 0.717) is 5.41 Å². The molecule has 1 saturated carbocycles. The van der Waals surface area contributed by atoms with Crippen molar-refractivity contribution in [1.82, 2.24) is 0 Å². The normalized spacial score (nSPS) is 28.4. The van der Waals surface area contributed by atoms with Crippen molar-refractivity contribution in [3.63, 3.8) is 0 Å². The molecular weight excluding hydrogens is 230 g/mol. The summed E-state index contributed by atoms with van der Waals surface area (Å²) in [7, 11) is 0. The molecule has 1 nitrogen and oxygen atoms in total. The second-order valence-corrected chi connectivity index (χ2v) is 7.61. The Morgan fingerprint density at radius 3 is 2.26 bits per heavy atom. The maximum Gasteiger partial charge on any atom is 0.0195 e. The zero-order valence-electron chi connectivity index (χ0n) is 13.0. The third-order valence-electron chi connectivity index (χ3n) is 5.01. The first-order valence-electron chi connectivity index (χ1n) is 7.64. The molecule has 1 aromatic carbocycles. The van der Waals surface area contributed by atoms with Gasteiger partial charge < -0.3 is 5.73 Å². The van der Waals surface area contributed by atoms with Crippen LogP contribution in [0.25, 0.3) is 0 Å². The molecule has 0 heterocycles. The highest BCUT2D eigenvalue weighted by molar-refractivity contribution is 5.27. The molecule has 1 aromatic rings. The van der Waals surface area contributed by atoms with E-state index >= 15 is 0 Å². The summed E-state index contributed by atoms with van der Waals surface area (Å²) in [4.78, 5) is 0. The molecule has 0 spiro atoms. The molecular formula is C18H29N. The summed E-state index contributed by atoms with van der Waals surface area (Å²) < 4.78 is 0. The van der Waals surface area contributed by atoms with Gasteiger partial charge in [-0.15, -0.1) is 0 Å². The minimum atomic E-state index is 0.0217. The Hall–Kier alpha value is -0.820. The summed E-state index contributed by atoms with van der Waals surface area (Å²) in [5.74, 6) is 0.834. The van der Waals surface area contributed by atoms with Crippen molar-refractivity contribution in [2.24, 2.45) is 17.1 Å². The van der Waals surface area contributed by atoms with Crippen LogP contribution in [0.4, 0.5) is 0 Å². The topological polar surface area (TPSA) is 26.0 Å². The van der Waals surface area contributed by atoms with Gasteiger partial charge in [-0.1, -0.05) is 45.0 Å². The lowest BCUT2D eigenvalue weighted by Crippen LogP contribution is -2.46. The van der Waals surface area contributed by atoms with E-state index in [1.807, 2.05) is 0 Å². The highest BCUT2D eigenvalue weighted by atomic mass is 14.7. The fourth-order valence-electron chi connectivity index (χ4n) is 3.42.